The number of fused-ring (bicyclic) bond motifs is 4. The van der Waals surface area contributed by atoms with E-state index < -0.39 is 0 Å². The van der Waals surface area contributed by atoms with Crippen LogP contribution in [-0.2, 0) is 27.2 Å². The normalized spacial score (nSPS) is 17.0. The molecule has 64 heavy (non-hydrogen) atoms. The average molecular weight is 841 g/mol. The van der Waals surface area contributed by atoms with Gasteiger partial charge in [-0.15, -0.1) is 0 Å². The Hall–Kier alpha value is -7.26. The van der Waals surface area contributed by atoms with Gasteiger partial charge in [-0.05, 0) is 69.8 Å². The van der Waals surface area contributed by atoms with Gasteiger partial charge in [0.05, 0.1) is 12.2 Å². The van der Waals surface area contributed by atoms with Crippen molar-refractivity contribution >= 4 is 68.3 Å². The maximum Gasteiger partial charge on any atom is 0.374 e. The van der Waals surface area contributed by atoms with Crippen LogP contribution in [0.1, 0.15) is 45.2 Å². The van der Waals surface area contributed by atoms with E-state index in [1.54, 1.807) is 0 Å². The summed E-state index contributed by atoms with van der Waals surface area (Å²) in [5.41, 5.74) is 18.3. The van der Waals surface area contributed by atoms with Crippen molar-refractivity contribution in [2.24, 2.45) is 14.1 Å². The fraction of sp³-hybridized carbons (Fsp3) is 0.179. The molecule has 0 bridgehead atoms. The number of benzene rings is 6. The standard InChI is InChI=1S/C56H52N6O2/c1-57-47-15-7-5-13-45(47)43(35-55-59(3)49-17-9-11-19-53(49)63-55)33-51(57)41-25-21-39(22-26-41)37-61-29-31-62(32-30-61)38-40-23-27-42(28-24-40)52-34-44(46-14-6-8-16-48(46)58(52)2)36-56-60(4)50-18-10-12-20-54(50)64-56/h5-28,33-36H,29-32,37-38H2,1-4H3/q+2. The molecule has 3 aliphatic heterocycles. The minimum absolute atomic E-state index is 0.824. The minimum atomic E-state index is 0.824. The van der Waals surface area contributed by atoms with Crippen LogP contribution in [0.4, 0.5) is 11.4 Å². The maximum atomic E-state index is 6.30. The highest BCUT2D eigenvalue weighted by molar-refractivity contribution is 6.04. The first-order chi connectivity index (χ1) is 31.3. The fourth-order valence-electron chi connectivity index (χ4n) is 9.66. The lowest BCUT2D eigenvalue weighted by Gasteiger charge is -2.35. The molecule has 8 heteroatoms. The number of rotatable bonds is 8. The van der Waals surface area contributed by atoms with Crippen LogP contribution in [0, 0.1) is 0 Å². The van der Waals surface area contributed by atoms with Gasteiger partial charge in [0.15, 0.2) is 0 Å². The summed E-state index contributed by atoms with van der Waals surface area (Å²) in [6.45, 7) is 6.09. The first-order valence-electron chi connectivity index (χ1n) is 22.3. The molecule has 0 aliphatic carbocycles. The highest BCUT2D eigenvalue weighted by Crippen LogP contribution is 2.41. The van der Waals surface area contributed by atoms with Gasteiger partial charge < -0.3 is 18.6 Å². The molecule has 8 aromatic rings. The summed E-state index contributed by atoms with van der Waals surface area (Å²) >= 11 is 0. The zero-order chi connectivity index (χ0) is 43.3. The lowest BCUT2D eigenvalue weighted by atomic mass is 9.94. The number of allylic oxidation sites excluding steroid dienone is 4. The highest BCUT2D eigenvalue weighted by Gasteiger charge is 2.26. The molecule has 1 saturated heterocycles. The molecule has 0 radical (unpaired) electrons. The summed E-state index contributed by atoms with van der Waals surface area (Å²) in [5.74, 6) is 1.65. The van der Waals surface area contributed by atoms with Crippen LogP contribution < -0.4 is 18.9 Å². The van der Waals surface area contributed by atoms with E-state index in [1.807, 2.05) is 24.3 Å². The molecule has 3 aliphatic rings. The lowest BCUT2D eigenvalue weighted by molar-refractivity contribution is -0.652. The third-order valence-electron chi connectivity index (χ3n) is 13.3. The Morgan fingerprint density at radius 1 is 0.469 bits per heavy atom. The summed E-state index contributed by atoms with van der Waals surface area (Å²) in [6, 6.07) is 51.9. The van der Waals surface area contributed by atoms with Crippen molar-refractivity contribution < 1.29 is 18.0 Å². The Labute approximate surface area is 374 Å². The van der Waals surface area contributed by atoms with Crippen molar-refractivity contribution in [3.05, 3.63) is 203 Å². The summed E-state index contributed by atoms with van der Waals surface area (Å²) in [4.78, 5) is 9.78. The predicted octanol–water partition coefficient (Wildman–Crippen LogP) is 10.2. The van der Waals surface area contributed by atoms with E-state index in [1.165, 1.54) is 56.1 Å². The Kier molecular flexibility index (Phi) is 10.2. The first kappa shape index (κ1) is 39.6. The largest absolute Gasteiger partial charge is 0.398 e. The molecule has 0 spiro atoms. The van der Waals surface area contributed by atoms with Gasteiger partial charge in [0.25, 0.3) is 11.0 Å². The second kappa shape index (κ2) is 16.5. The zero-order valence-corrected chi connectivity index (χ0v) is 36.9. The third-order valence-corrected chi connectivity index (χ3v) is 13.3. The molecule has 6 aromatic carbocycles. The van der Waals surface area contributed by atoms with Crippen LogP contribution >= 0.6 is 0 Å². The second-order valence-electron chi connectivity index (χ2n) is 17.3. The van der Waals surface area contributed by atoms with Gasteiger partial charge >= 0.3 is 11.8 Å². The number of hydrogen-bond acceptors (Lipinski definition) is 6. The van der Waals surface area contributed by atoms with Gasteiger partial charge in [-0.1, -0.05) is 109 Å². The predicted molar refractivity (Wildman–Crippen MR) is 260 cm³/mol. The summed E-state index contributed by atoms with van der Waals surface area (Å²) < 4.78 is 16.8. The fourth-order valence-corrected chi connectivity index (χ4v) is 9.66. The van der Waals surface area contributed by atoms with E-state index in [9.17, 15) is 0 Å². The van der Waals surface area contributed by atoms with Crippen LogP contribution in [-0.4, -0.2) is 50.1 Å². The Balaban J connectivity index is 0.745. The van der Waals surface area contributed by atoms with Gasteiger partial charge in [0, 0.05) is 99.4 Å². The van der Waals surface area contributed by atoms with Crippen LogP contribution in [0.5, 0.6) is 0 Å². The SMILES string of the molecule is CN1C(c2ccc(CN3CCN(Cc4ccc(C5=C/C(=C\c6oc7ccccc7[n+]6C)c6ccccc6N5C)cc4)CC3)cc2)=C/C(=C\c2oc3ccccc3[n+]2C)c2ccccc21. The Morgan fingerprint density at radius 2 is 0.844 bits per heavy atom. The third kappa shape index (κ3) is 7.34. The number of nitrogens with zero attached hydrogens (tertiary/aromatic N) is 6. The number of oxazole rings is 2. The van der Waals surface area contributed by atoms with Crippen molar-refractivity contribution in [3.63, 3.8) is 0 Å². The number of aryl methyl sites for hydroxylation is 2. The van der Waals surface area contributed by atoms with Crippen molar-refractivity contribution in [1.29, 1.82) is 0 Å². The molecular weight excluding hydrogens is 789 g/mol. The van der Waals surface area contributed by atoms with Gasteiger partial charge in [0.1, 0.15) is 14.1 Å². The topological polar surface area (TPSA) is 47.0 Å². The quantitative estimate of drug-likeness (QED) is 0.142. The van der Waals surface area contributed by atoms with Crippen LogP contribution in [0.25, 0.3) is 56.9 Å². The zero-order valence-electron chi connectivity index (χ0n) is 36.9. The van der Waals surface area contributed by atoms with Crippen molar-refractivity contribution in [1.82, 2.24) is 9.80 Å². The van der Waals surface area contributed by atoms with E-state index in [4.69, 9.17) is 8.83 Å². The second-order valence-corrected chi connectivity index (χ2v) is 17.3. The lowest BCUT2D eigenvalue weighted by Crippen LogP contribution is -2.45. The molecule has 0 N–H and O–H groups in total. The van der Waals surface area contributed by atoms with E-state index in [0.29, 0.717) is 0 Å². The van der Waals surface area contributed by atoms with Crippen molar-refractivity contribution in [2.45, 2.75) is 13.1 Å². The molecule has 2 aromatic heterocycles. The molecule has 1 fully saturated rings. The molecular formula is C56H52N6O2+2. The van der Waals surface area contributed by atoms with E-state index >= 15 is 0 Å². The van der Waals surface area contributed by atoms with Gasteiger partial charge in [-0.3, -0.25) is 9.80 Å². The van der Waals surface area contributed by atoms with Crippen molar-refractivity contribution in [2.75, 3.05) is 50.1 Å². The Morgan fingerprint density at radius 3 is 1.25 bits per heavy atom. The van der Waals surface area contributed by atoms with Gasteiger partial charge in [-0.2, -0.15) is 9.13 Å². The molecule has 0 unspecified atom stereocenters. The molecule has 8 nitrogen and oxygen atoms in total. The molecule has 0 amide bonds. The van der Waals surface area contributed by atoms with Gasteiger partial charge in [-0.25, -0.2) is 0 Å². The van der Waals surface area contributed by atoms with E-state index in [-0.39, 0.29) is 0 Å². The maximum absolute atomic E-state index is 6.30. The minimum Gasteiger partial charge on any atom is -0.398 e. The number of aromatic nitrogens is 2. The number of para-hydroxylation sites is 6. The van der Waals surface area contributed by atoms with Crippen molar-refractivity contribution in [3.8, 4) is 0 Å². The average Bonchev–Trinajstić information content (AvgIpc) is 3.83. The van der Waals surface area contributed by atoms with Crippen LogP contribution in [0.2, 0.25) is 0 Å². The smallest absolute Gasteiger partial charge is 0.374 e. The molecule has 5 heterocycles. The number of anilines is 2. The molecule has 316 valence electrons. The first-order valence-corrected chi connectivity index (χ1v) is 22.3. The van der Waals surface area contributed by atoms with Crippen LogP contribution in [0.15, 0.2) is 167 Å². The number of piperazine rings is 1. The van der Waals surface area contributed by atoms with E-state index in [0.717, 1.165) is 84.4 Å². The molecule has 11 rings (SSSR count). The monoisotopic (exact) mass is 840 g/mol. The van der Waals surface area contributed by atoms with Gasteiger partial charge in [0.2, 0.25) is 11.2 Å². The molecule has 0 saturated carbocycles. The summed E-state index contributed by atoms with van der Waals surface area (Å²) in [7, 11) is 8.45. The molecule has 0 atom stereocenters. The summed E-state index contributed by atoms with van der Waals surface area (Å²) in [5, 5.41) is 0. The van der Waals surface area contributed by atoms with E-state index in [2.05, 4.69) is 203 Å². The Bertz CT molecular complexity index is 2960. The summed E-state index contributed by atoms with van der Waals surface area (Å²) in [6.07, 6.45) is 8.92. The number of hydrogen-bond donors (Lipinski definition) is 0. The highest BCUT2D eigenvalue weighted by atomic mass is 16.4. The van der Waals surface area contributed by atoms with Crippen LogP contribution in [0.3, 0.4) is 0 Å².